The number of nitrogens with one attached hydrogen (secondary N) is 3. The van der Waals surface area contributed by atoms with Gasteiger partial charge in [0.2, 0.25) is 5.96 Å². The molecule has 0 atom stereocenters. The molecule has 0 unspecified atom stereocenters. The number of aromatic amines is 1. The van der Waals surface area contributed by atoms with Gasteiger partial charge < -0.3 is 5.32 Å². The van der Waals surface area contributed by atoms with Crippen molar-refractivity contribution >= 4 is 45.7 Å². The minimum absolute atomic E-state index is 0.0499. The summed E-state index contributed by atoms with van der Waals surface area (Å²) in [5, 5.41) is 13.8. The summed E-state index contributed by atoms with van der Waals surface area (Å²) >= 11 is 5.91. The standard InChI is InChI=1S/C22H15ClF3N5O/c23-16-5-7-17(8-6-16)28-21(29-18-9-10-19-14(11-18)12-27-31-19)30-20(32)13-1-3-15(4-2-13)22(24,25)26/h1-12H,(H,27,31)(H2,28,29,30,32). The van der Waals surface area contributed by atoms with Crippen LogP contribution in [0.1, 0.15) is 15.9 Å². The first kappa shape index (κ1) is 21.4. The summed E-state index contributed by atoms with van der Waals surface area (Å²) in [6, 6.07) is 15.9. The maximum Gasteiger partial charge on any atom is 0.416 e. The number of H-pyrrole nitrogens is 1. The van der Waals surface area contributed by atoms with Crippen LogP contribution in [0, 0.1) is 0 Å². The maximum atomic E-state index is 12.8. The number of carbonyl (C=O) groups excluding carboxylic acids is 1. The van der Waals surface area contributed by atoms with E-state index in [0.717, 1.165) is 35.2 Å². The fraction of sp³-hybridized carbons (Fsp3) is 0.0455. The molecule has 0 aliphatic rings. The number of hydrogen-bond donors (Lipinski definition) is 3. The van der Waals surface area contributed by atoms with Crippen LogP contribution in [0.25, 0.3) is 10.9 Å². The second-order valence-corrected chi connectivity index (χ2v) is 7.20. The number of hydrogen-bond acceptors (Lipinski definition) is 3. The van der Waals surface area contributed by atoms with Gasteiger partial charge in [-0.15, -0.1) is 0 Å². The van der Waals surface area contributed by atoms with Gasteiger partial charge >= 0.3 is 6.18 Å². The molecule has 0 saturated carbocycles. The van der Waals surface area contributed by atoms with Gasteiger partial charge in [0, 0.05) is 21.7 Å². The summed E-state index contributed by atoms with van der Waals surface area (Å²) in [5.41, 5.74) is 1.18. The zero-order valence-corrected chi connectivity index (χ0v) is 17.0. The zero-order valence-electron chi connectivity index (χ0n) is 16.2. The molecule has 0 saturated heterocycles. The number of rotatable bonds is 3. The van der Waals surface area contributed by atoms with Gasteiger partial charge in [0.1, 0.15) is 0 Å². The average Bonchev–Trinajstić information content (AvgIpc) is 3.23. The Labute approximate surface area is 185 Å². The van der Waals surface area contributed by atoms with E-state index in [9.17, 15) is 18.0 Å². The smallest absolute Gasteiger partial charge is 0.326 e. The second kappa shape index (κ2) is 8.72. The van der Waals surface area contributed by atoms with Crippen LogP contribution >= 0.6 is 11.6 Å². The molecular weight excluding hydrogens is 443 g/mol. The summed E-state index contributed by atoms with van der Waals surface area (Å²) in [6.07, 6.45) is -2.83. The van der Waals surface area contributed by atoms with Crippen molar-refractivity contribution in [3.63, 3.8) is 0 Å². The van der Waals surface area contributed by atoms with Gasteiger partial charge in [-0.25, -0.2) is 4.99 Å². The van der Waals surface area contributed by atoms with Crippen LogP contribution in [-0.2, 0) is 6.18 Å². The van der Waals surface area contributed by atoms with Gasteiger partial charge in [-0.1, -0.05) is 11.6 Å². The van der Waals surface area contributed by atoms with Crippen molar-refractivity contribution < 1.29 is 18.0 Å². The van der Waals surface area contributed by atoms with E-state index in [-0.39, 0.29) is 11.5 Å². The Morgan fingerprint density at radius 1 is 1.00 bits per heavy atom. The molecule has 32 heavy (non-hydrogen) atoms. The Bertz CT molecular complexity index is 1280. The lowest BCUT2D eigenvalue weighted by Gasteiger charge is -2.13. The molecule has 0 aliphatic carbocycles. The Balaban J connectivity index is 1.60. The van der Waals surface area contributed by atoms with Crippen LogP contribution in [0.3, 0.4) is 0 Å². The quantitative estimate of drug-likeness (QED) is 0.270. The first-order valence-corrected chi connectivity index (χ1v) is 9.69. The fourth-order valence-corrected chi connectivity index (χ4v) is 3.01. The third kappa shape index (κ3) is 5.06. The van der Waals surface area contributed by atoms with Crippen molar-refractivity contribution in [1.29, 1.82) is 0 Å². The van der Waals surface area contributed by atoms with Crippen LogP contribution in [0.2, 0.25) is 5.02 Å². The van der Waals surface area contributed by atoms with Gasteiger partial charge in [-0.3, -0.25) is 15.2 Å². The highest BCUT2D eigenvalue weighted by molar-refractivity contribution is 6.30. The summed E-state index contributed by atoms with van der Waals surface area (Å²) in [6.45, 7) is 0. The van der Waals surface area contributed by atoms with Crippen LogP contribution in [0.4, 0.5) is 24.5 Å². The molecule has 3 aromatic carbocycles. The molecule has 4 rings (SSSR count). The number of aromatic nitrogens is 2. The number of aliphatic imine (C=N–C) groups is 1. The van der Waals surface area contributed by atoms with E-state index in [1.807, 2.05) is 6.07 Å². The Kier molecular flexibility index (Phi) is 5.83. The minimum Gasteiger partial charge on any atom is -0.326 e. The van der Waals surface area contributed by atoms with Gasteiger partial charge in [-0.05, 0) is 66.7 Å². The van der Waals surface area contributed by atoms with Crippen LogP contribution in [-0.4, -0.2) is 22.1 Å². The normalized spacial score (nSPS) is 12.1. The summed E-state index contributed by atoms with van der Waals surface area (Å²) < 4.78 is 38.4. The van der Waals surface area contributed by atoms with Crippen molar-refractivity contribution in [2.75, 3.05) is 5.32 Å². The lowest BCUT2D eigenvalue weighted by atomic mass is 10.1. The topological polar surface area (TPSA) is 82.2 Å². The first-order valence-electron chi connectivity index (χ1n) is 9.31. The van der Waals surface area contributed by atoms with Crippen LogP contribution in [0.5, 0.6) is 0 Å². The third-order valence-corrected chi connectivity index (χ3v) is 4.73. The van der Waals surface area contributed by atoms with E-state index in [2.05, 4.69) is 25.8 Å². The van der Waals surface area contributed by atoms with Crippen LogP contribution < -0.4 is 10.6 Å². The summed E-state index contributed by atoms with van der Waals surface area (Å²) in [5.74, 6) is -0.539. The van der Waals surface area contributed by atoms with Crippen molar-refractivity contribution in [3.8, 4) is 0 Å². The molecule has 162 valence electrons. The van der Waals surface area contributed by atoms with Gasteiger partial charge in [0.25, 0.3) is 5.91 Å². The number of halogens is 4. The molecule has 1 amide bonds. The van der Waals surface area contributed by atoms with Gasteiger partial charge in [0.15, 0.2) is 0 Å². The number of alkyl halides is 3. The van der Waals surface area contributed by atoms with E-state index in [0.29, 0.717) is 16.4 Å². The largest absolute Gasteiger partial charge is 0.416 e. The number of nitrogens with zero attached hydrogens (tertiary/aromatic N) is 2. The Morgan fingerprint density at radius 3 is 2.41 bits per heavy atom. The second-order valence-electron chi connectivity index (χ2n) is 6.76. The molecule has 0 bridgehead atoms. The SMILES string of the molecule is O=C(NC(=Nc1ccc(Cl)cc1)Nc1ccc2[nH]ncc2c1)c1ccc(C(F)(F)F)cc1. The molecular formula is C22H15ClF3N5O. The lowest BCUT2D eigenvalue weighted by molar-refractivity contribution is -0.137. The third-order valence-electron chi connectivity index (χ3n) is 4.48. The molecule has 0 spiro atoms. The predicted molar refractivity (Wildman–Crippen MR) is 117 cm³/mol. The van der Waals surface area contributed by atoms with Crippen molar-refractivity contribution in [2.24, 2.45) is 4.99 Å². The van der Waals surface area contributed by atoms with Crippen LogP contribution in [0.15, 0.2) is 77.9 Å². The van der Waals surface area contributed by atoms with Crippen molar-refractivity contribution in [3.05, 3.63) is 89.1 Å². The number of fused-ring (bicyclic) bond motifs is 1. The Morgan fingerprint density at radius 2 is 1.72 bits per heavy atom. The van der Waals surface area contributed by atoms with Gasteiger partial charge in [0.05, 0.1) is 23.0 Å². The highest BCUT2D eigenvalue weighted by Crippen LogP contribution is 2.29. The lowest BCUT2D eigenvalue weighted by Crippen LogP contribution is -2.35. The van der Waals surface area contributed by atoms with E-state index in [1.165, 1.54) is 0 Å². The summed E-state index contributed by atoms with van der Waals surface area (Å²) in [7, 11) is 0. The number of anilines is 1. The molecule has 6 nitrogen and oxygen atoms in total. The number of guanidine groups is 1. The maximum absolute atomic E-state index is 12.8. The predicted octanol–water partition coefficient (Wildman–Crippen LogP) is 5.76. The first-order chi connectivity index (χ1) is 15.3. The number of carbonyl (C=O) groups is 1. The molecule has 0 radical (unpaired) electrons. The number of benzene rings is 3. The highest BCUT2D eigenvalue weighted by atomic mass is 35.5. The van der Waals surface area contributed by atoms with Gasteiger partial charge in [-0.2, -0.15) is 18.3 Å². The molecule has 4 aromatic rings. The molecule has 1 aromatic heterocycles. The fourth-order valence-electron chi connectivity index (χ4n) is 2.88. The van der Waals surface area contributed by atoms with Crippen molar-refractivity contribution in [2.45, 2.75) is 6.18 Å². The van der Waals surface area contributed by atoms with Crippen molar-refractivity contribution in [1.82, 2.24) is 15.5 Å². The number of amides is 1. The monoisotopic (exact) mass is 457 g/mol. The average molecular weight is 458 g/mol. The van der Waals surface area contributed by atoms with E-state index in [4.69, 9.17) is 11.6 Å². The minimum atomic E-state index is -4.48. The molecule has 0 fully saturated rings. The van der Waals surface area contributed by atoms with E-state index < -0.39 is 17.6 Å². The molecule has 3 N–H and O–H groups in total. The Hall–Kier alpha value is -3.85. The molecule has 0 aliphatic heterocycles. The van der Waals surface area contributed by atoms with E-state index in [1.54, 1.807) is 42.6 Å². The molecule has 1 heterocycles. The molecule has 10 heteroatoms. The summed E-state index contributed by atoms with van der Waals surface area (Å²) in [4.78, 5) is 17.1. The highest BCUT2D eigenvalue weighted by Gasteiger charge is 2.30. The van der Waals surface area contributed by atoms with E-state index >= 15 is 0 Å². The zero-order chi connectivity index (χ0) is 22.7.